The van der Waals surface area contributed by atoms with E-state index in [9.17, 15) is 4.79 Å². The van der Waals surface area contributed by atoms with Crippen molar-refractivity contribution in [2.45, 2.75) is 13.0 Å². The van der Waals surface area contributed by atoms with Gasteiger partial charge < -0.3 is 10.5 Å². The summed E-state index contributed by atoms with van der Waals surface area (Å²) in [7, 11) is 1.34. The van der Waals surface area contributed by atoms with E-state index >= 15 is 0 Å². The maximum Gasteiger partial charge on any atom is 0.323 e. The number of thioether (sulfide) groups is 1. The fourth-order valence-corrected chi connectivity index (χ4v) is 1.44. The fraction of sp³-hybridized carbons (Fsp3) is 0.625. The van der Waals surface area contributed by atoms with Crippen molar-refractivity contribution in [2.75, 3.05) is 18.6 Å². The molecule has 12 heavy (non-hydrogen) atoms. The van der Waals surface area contributed by atoms with Crippen LogP contribution < -0.4 is 5.73 Å². The van der Waals surface area contributed by atoms with Gasteiger partial charge in [0.2, 0.25) is 0 Å². The Morgan fingerprint density at radius 1 is 1.75 bits per heavy atom. The molecule has 0 saturated heterocycles. The molecule has 0 aromatic carbocycles. The number of ether oxygens (including phenoxy) is 1. The Hall–Kier alpha value is -0.480. The molecule has 2 N–H and O–H groups in total. The van der Waals surface area contributed by atoms with Crippen LogP contribution in [0.2, 0.25) is 0 Å². The Labute approximate surface area is 77.3 Å². The van der Waals surface area contributed by atoms with Crippen LogP contribution >= 0.6 is 11.8 Å². The molecule has 0 aliphatic rings. The molecule has 0 amide bonds. The Balaban J connectivity index is 3.50. The molecule has 0 saturated carbocycles. The summed E-state index contributed by atoms with van der Waals surface area (Å²) in [5.41, 5.74) is 6.57. The van der Waals surface area contributed by atoms with Crippen molar-refractivity contribution in [2.24, 2.45) is 5.73 Å². The van der Waals surface area contributed by atoms with Gasteiger partial charge in [0.05, 0.1) is 7.11 Å². The van der Waals surface area contributed by atoms with Gasteiger partial charge in [-0.2, -0.15) is 11.8 Å². The number of rotatable bonds is 5. The molecule has 0 rings (SSSR count). The maximum absolute atomic E-state index is 10.8. The Morgan fingerprint density at radius 3 is 2.75 bits per heavy atom. The van der Waals surface area contributed by atoms with Crippen LogP contribution in [0.1, 0.15) is 6.92 Å². The van der Waals surface area contributed by atoms with Crippen LogP contribution in [0.3, 0.4) is 0 Å². The molecule has 1 unspecified atom stereocenters. The lowest BCUT2D eigenvalue weighted by Gasteiger charge is -2.07. The van der Waals surface area contributed by atoms with Gasteiger partial charge in [0.1, 0.15) is 6.04 Å². The molecule has 4 heteroatoms. The Morgan fingerprint density at radius 2 is 2.33 bits per heavy atom. The molecule has 1 atom stereocenters. The number of carbonyl (C=O) groups is 1. The normalized spacial score (nSPS) is 12.2. The van der Waals surface area contributed by atoms with Crippen molar-refractivity contribution < 1.29 is 9.53 Å². The summed E-state index contributed by atoms with van der Waals surface area (Å²) in [4.78, 5) is 10.8. The second kappa shape index (κ2) is 6.08. The highest BCUT2D eigenvalue weighted by Crippen LogP contribution is 2.06. The highest BCUT2D eigenvalue weighted by molar-refractivity contribution is 7.99. The first-order valence-electron chi connectivity index (χ1n) is 3.63. The van der Waals surface area contributed by atoms with Crippen molar-refractivity contribution in [3.05, 3.63) is 12.2 Å². The van der Waals surface area contributed by atoms with E-state index in [0.717, 1.165) is 11.3 Å². The van der Waals surface area contributed by atoms with Crippen LogP contribution in [-0.4, -0.2) is 30.6 Å². The molecular formula is C8H15NO2S. The first-order valence-corrected chi connectivity index (χ1v) is 4.79. The van der Waals surface area contributed by atoms with Crippen LogP contribution in [0.5, 0.6) is 0 Å². The highest BCUT2D eigenvalue weighted by atomic mass is 32.2. The first kappa shape index (κ1) is 11.5. The fourth-order valence-electron chi connectivity index (χ4n) is 0.580. The zero-order valence-electron chi connectivity index (χ0n) is 7.50. The summed E-state index contributed by atoms with van der Waals surface area (Å²) < 4.78 is 4.47. The average Bonchev–Trinajstić information content (AvgIpc) is 2.02. The molecule has 0 aromatic heterocycles. The largest absolute Gasteiger partial charge is 0.468 e. The molecule has 0 spiro atoms. The van der Waals surface area contributed by atoms with Gasteiger partial charge >= 0.3 is 5.97 Å². The number of nitrogens with two attached hydrogens (primary N) is 1. The third-order valence-corrected chi connectivity index (χ3v) is 2.44. The van der Waals surface area contributed by atoms with Gasteiger partial charge in [-0.15, -0.1) is 0 Å². The summed E-state index contributed by atoms with van der Waals surface area (Å²) in [5, 5.41) is 0. The molecule has 0 aliphatic heterocycles. The number of esters is 1. The van der Waals surface area contributed by atoms with Crippen LogP contribution in [0.4, 0.5) is 0 Å². The Kier molecular flexibility index (Phi) is 5.84. The van der Waals surface area contributed by atoms with Gasteiger partial charge in [0.25, 0.3) is 0 Å². The third kappa shape index (κ3) is 5.21. The van der Waals surface area contributed by atoms with E-state index in [0.29, 0.717) is 5.75 Å². The van der Waals surface area contributed by atoms with Crippen LogP contribution in [0.25, 0.3) is 0 Å². The van der Waals surface area contributed by atoms with Crippen molar-refractivity contribution in [3.63, 3.8) is 0 Å². The van der Waals surface area contributed by atoms with Gasteiger partial charge in [-0.1, -0.05) is 12.2 Å². The minimum atomic E-state index is -0.514. The number of carbonyl (C=O) groups excluding carboxylic acids is 1. The number of hydrogen-bond donors (Lipinski definition) is 1. The molecule has 0 bridgehead atoms. The van der Waals surface area contributed by atoms with Crippen molar-refractivity contribution in [3.8, 4) is 0 Å². The van der Waals surface area contributed by atoms with Crippen molar-refractivity contribution in [1.29, 1.82) is 0 Å². The van der Waals surface area contributed by atoms with Crippen LogP contribution in [-0.2, 0) is 9.53 Å². The summed E-state index contributed by atoms with van der Waals surface area (Å²) in [6.07, 6.45) is 0. The van der Waals surface area contributed by atoms with Gasteiger partial charge in [-0.05, 0) is 6.92 Å². The van der Waals surface area contributed by atoms with E-state index in [1.807, 2.05) is 6.92 Å². The molecule has 0 fully saturated rings. The molecule has 0 aliphatic carbocycles. The zero-order valence-corrected chi connectivity index (χ0v) is 8.32. The van der Waals surface area contributed by atoms with E-state index < -0.39 is 6.04 Å². The summed E-state index contributed by atoms with van der Waals surface area (Å²) in [6.45, 7) is 5.68. The molecule has 0 heterocycles. The SMILES string of the molecule is C=C(C)CSCC(N)C(=O)OC. The highest BCUT2D eigenvalue weighted by Gasteiger charge is 2.12. The topological polar surface area (TPSA) is 52.3 Å². The van der Waals surface area contributed by atoms with E-state index in [1.54, 1.807) is 11.8 Å². The Bertz CT molecular complexity index is 170. The quantitative estimate of drug-likeness (QED) is 0.513. The lowest BCUT2D eigenvalue weighted by atomic mass is 10.4. The average molecular weight is 189 g/mol. The maximum atomic E-state index is 10.8. The van der Waals surface area contributed by atoms with E-state index in [-0.39, 0.29) is 5.97 Å². The first-order chi connectivity index (χ1) is 5.57. The van der Waals surface area contributed by atoms with E-state index in [2.05, 4.69) is 11.3 Å². The van der Waals surface area contributed by atoms with Crippen molar-refractivity contribution in [1.82, 2.24) is 0 Å². The zero-order chi connectivity index (χ0) is 9.56. The standard InChI is InChI=1S/C8H15NO2S/c1-6(2)4-12-5-7(9)8(10)11-3/h7H,1,4-5,9H2,2-3H3. The summed E-state index contributed by atoms with van der Waals surface area (Å²) in [6, 6.07) is -0.514. The minimum Gasteiger partial charge on any atom is -0.468 e. The molecular weight excluding hydrogens is 174 g/mol. The molecule has 70 valence electrons. The third-order valence-electron chi connectivity index (χ3n) is 1.15. The predicted octanol–water partition coefficient (Wildman–Crippen LogP) is 0.796. The lowest BCUT2D eigenvalue weighted by Crippen LogP contribution is -2.33. The smallest absolute Gasteiger partial charge is 0.323 e. The van der Waals surface area contributed by atoms with E-state index in [1.165, 1.54) is 7.11 Å². The van der Waals surface area contributed by atoms with Gasteiger partial charge in [-0.25, -0.2) is 0 Å². The lowest BCUT2D eigenvalue weighted by molar-refractivity contribution is -0.141. The molecule has 0 aromatic rings. The van der Waals surface area contributed by atoms with Gasteiger partial charge in [-0.3, -0.25) is 4.79 Å². The predicted molar refractivity (Wildman–Crippen MR) is 52.1 cm³/mol. The summed E-state index contributed by atoms with van der Waals surface area (Å²) >= 11 is 1.59. The van der Waals surface area contributed by atoms with Gasteiger partial charge in [0.15, 0.2) is 0 Å². The second-order valence-corrected chi connectivity index (χ2v) is 3.63. The second-order valence-electron chi connectivity index (χ2n) is 2.60. The minimum absolute atomic E-state index is 0.357. The van der Waals surface area contributed by atoms with Crippen molar-refractivity contribution >= 4 is 17.7 Å². The van der Waals surface area contributed by atoms with Crippen LogP contribution in [0.15, 0.2) is 12.2 Å². The molecule has 3 nitrogen and oxygen atoms in total. The van der Waals surface area contributed by atoms with Gasteiger partial charge in [0, 0.05) is 11.5 Å². The van der Waals surface area contributed by atoms with Crippen LogP contribution in [0, 0.1) is 0 Å². The number of methoxy groups -OCH3 is 1. The van der Waals surface area contributed by atoms with E-state index in [4.69, 9.17) is 5.73 Å². The summed E-state index contributed by atoms with van der Waals surface area (Å²) in [5.74, 6) is 1.06. The monoisotopic (exact) mass is 189 g/mol. The number of hydrogen-bond acceptors (Lipinski definition) is 4. The molecule has 0 radical (unpaired) electrons.